The summed E-state index contributed by atoms with van der Waals surface area (Å²) in [7, 11) is 1.59. The predicted molar refractivity (Wildman–Crippen MR) is 81.9 cm³/mol. The Kier molecular flexibility index (Phi) is 4.82. The second kappa shape index (κ2) is 6.79. The highest BCUT2D eigenvalue weighted by molar-refractivity contribution is 5.94. The Balaban J connectivity index is 1.91. The van der Waals surface area contributed by atoms with Gasteiger partial charge in [-0.3, -0.25) is 4.79 Å². The third-order valence-corrected chi connectivity index (χ3v) is 3.31. The van der Waals surface area contributed by atoms with Gasteiger partial charge in [-0.25, -0.2) is 0 Å². The standard InChI is InChI=1S/C17H19NO3/c1-12-3-6-14(11-16(12)21-2)17(20)18-10-9-13-4-7-15(19)8-5-13/h3-8,11,19H,9-10H2,1-2H3,(H,18,20). The van der Waals surface area contributed by atoms with Gasteiger partial charge in [0.25, 0.3) is 5.91 Å². The predicted octanol–water partition coefficient (Wildman–Crippen LogP) is 2.68. The first-order chi connectivity index (χ1) is 10.1. The van der Waals surface area contributed by atoms with Gasteiger partial charge >= 0.3 is 0 Å². The van der Waals surface area contributed by atoms with E-state index in [-0.39, 0.29) is 11.7 Å². The number of ether oxygens (including phenoxy) is 1. The van der Waals surface area contributed by atoms with Crippen molar-refractivity contribution in [1.29, 1.82) is 0 Å². The van der Waals surface area contributed by atoms with Gasteiger partial charge in [-0.05, 0) is 48.7 Å². The zero-order valence-corrected chi connectivity index (χ0v) is 12.2. The number of phenolic OH excluding ortho intramolecular Hbond substituents is 1. The van der Waals surface area contributed by atoms with E-state index in [2.05, 4.69) is 5.32 Å². The number of carbonyl (C=O) groups excluding carboxylic acids is 1. The lowest BCUT2D eigenvalue weighted by Gasteiger charge is -2.09. The molecule has 0 aliphatic rings. The molecule has 4 heteroatoms. The zero-order chi connectivity index (χ0) is 15.2. The Morgan fingerprint density at radius 2 is 1.90 bits per heavy atom. The third-order valence-electron chi connectivity index (χ3n) is 3.31. The quantitative estimate of drug-likeness (QED) is 0.888. The summed E-state index contributed by atoms with van der Waals surface area (Å²) >= 11 is 0. The summed E-state index contributed by atoms with van der Waals surface area (Å²) in [4.78, 5) is 12.1. The summed E-state index contributed by atoms with van der Waals surface area (Å²) in [6.07, 6.45) is 0.717. The fourth-order valence-corrected chi connectivity index (χ4v) is 2.05. The SMILES string of the molecule is COc1cc(C(=O)NCCc2ccc(O)cc2)ccc1C. The van der Waals surface area contributed by atoms with Crippen molar-refractivity contribution in [2.24, 2.45) is 0 Å². The molecule has 0 aromatic heterocycles. The minimum Gasteiger partial charge on any atom is -0.508 e. The molecule has 0 spiro atoms. The van der Waals surface area contributed by atoms with Gasteiger partial charge in [-0.2, -0.15) is 0 Å². The second-order valence-corrected chi connectivity index (χ2v) is 4.86. The van der Waals surface area contributed by atoms with Crippen LogP contribution >= 0.6 is 0 Å². The molecule has 2 rings (SSSR count). The number of carbonyl (C=O) groups is 1. The van der Waals surface area contributed by atoms with Crippen molar-refractivity contribution in [1.82, 2.24) is 5.32 Å². The van der Waals surface area contributed by atoms with E-state index in [1.807, 2.05) is 25.1 Å². The Bertz CT molecular complexity index is 620. The van der Waals surface area contributed by atoms with Crippen LogP contribution in [-0.2, 0) is 6.42 Å². The number of rotatable bonds is 5. The molecule has 0 heterocycles. The highest BCUT2D eigenvalue weighted by Crippen LogP contribution is 2.18. The molecule has 0 fully saturated rings. The number of nitrogens with one attached hydrogen (secondary N) is 1. The highest BCUT2D eigenvalue weighted by Gasteiger charge is 2.08. The Morgan fingerprint density at radius 3 is 2.57 bits per heavy atom. The van der Waals surface area contributed by atoms with Crippen LogP contribution in [0.4, 0.5) is 0 Å². The molecule has 2 N–H and O–H groups in total. The highest BCUT2D eigenvalue weighted by atomic mass is 16.5. The Hall–Kier alpha value is -2.49. The lowest BCUT2D eigenvalue weighted by atomic mass is 10.1. The number of hydrogen-bond acceptors (Lipinski definition) is 3. The number of benzene rings is 2. The molecule has 0 aliphatic carbocycles. The maximum atomic E-state index is 12.1. The molecular weight excluding hydrogens is 266 g/mol. The van der Waals surface area contributed by atoms with E-state index in [9.17, 15) is 9.90 Å². The summed E-state index contributed by atoms with van der Waals surface area (Å²) in [6, 6.07) is 12.4. The Morgan fingerprint density at radius 1 is 1.19 bits per heavy atom. The Labute approximate surface area is 124 Å². The van der Waals surface area contributed by atoms with E-state index in [1.54, 1.807) is 31.4 Å². The van der Waals surface area contributed by atoms with Crippen LogP contribution in [0.2, 0.25) is 0 Å². The first-order valence-corrected chi connectivity index (χ1v) is 6.81. The van der Waals surface area contributed by atoms with E-state index in [1.165, 1.54) is 0 Å². The van der Waals surface area contributed by atoms with Gasteiger partial charge in [0, 0.05) is 12.1 Å². The van der Waals surface area contributed by atoms with Gasteiger partial charge in [-0.15, -0.1) is 0 Å². The van der Waals surface area contributed by atoms with Gasteiger partial charge < -0.3 is 15.2 Å². The number of aromatic hydroxyl groups is 1. The zero-order valence-electron chi connectivity index (χ0n) is 12.2. The largest absolute Gasteiger partial charge is 0.508 e. The maximum Gasteiger partial charge on any atom is 0.251 e. The van der Waals surface area contributed by atoms with Crippen molar-refractivity contribution in [3.63, 3.8) is 0 Å². The van der Waals surface area contributed by atoms with Gasteiger partial charge in [0.2, 0.25) is 0 Å². The topological polar surface area (TPSA) is 58.6 Å². The molecule has 2 aromatic carbocycles. The molecule has 1 amide bonds. The molecule has 21 heavy (non-hydrogen) atoms. The van der Waals surface area contributed by atoms with E-state index in [0.717, 1.165) is 17.5 Å². The molecule has 0 bridgehead atoms. The van der Waals surface area contributed by atoms with Crippen molar-refractivity contribution in [3.05, 3.63) is 59.2 Å². The number of hydrogen-bond donors (Lipinski definition) is 2. The number of aryl methyl sites for hydroxylation is 1. The first kappa shape index (κ1) is 14.9. The first-order valence-electron chi connectivity index (χ1n) is 6.81. The van der Waals surface area contributed by atoms with Crippen molar-refractivity contribution < 1.29 is 14.6 Å². The van der Waals surface area contributed by atoms with Crippen LogP contribution in [0.5, 0.6) is 11.5 Å². The molecule has 0 radical (unpaired) electrons. The molecule has 0 saturated heterocycles. The van der Waals surface area contributed by atoms with Gasteiger partial charge in [0.05, 0.1) is 7.11 Å². The van der Waals surface area contributed by atoms with E-state index in [0.29, 0.717) is 17.9 Å². The van der Waals surface area contributed by atoms with Crippen LogP contribution in [0.1, 0.15) is 21.5 Å². The summed E-state index contributed by atoms with van der Waals surface area (Å²) in [6.45, 7) is 2.48. The summed E-state index contributed by atoms with van der Waals surface area (Å²) < 4.78 is 5.22. The fraction of sp³-hybridized carbons (Fsp3) is 0.235. The molecule has 2 aromatic rings. The lowest BCUT2D eigenvalue weighted by molar-refractivity contribution is 0.0954. The summed E-state index contributed by atoms with van der Waals surface area (Å²) in [5.74, 6) is 0.836. The number of amides is 1. The van der Waals surface area contributed by atoms with Gasteiger partial charge in [0.15, 0.2) is 0 Å². The van der Waals surface area contributed by atoms with E-state index >= 15 is 0 Å². The fourth-order valence-electron chi connectivity index (χ4n) is 2.05. The van der Waals surface area contributed by atoms with E-state index < -0.39 is 0 Å². The molecule has 0 unspecified atom stereocenters. The molecule has 0 aliphatic heterocycles. The smallest absolute Gasteiger partial charge is 0.251 e. The molecule has 4 nitrogen and oxygen atoms in total. The van der Waals surface area contributed by atoms with Gasteiger partial charge in [-0.1, -0.05) is 18.2 Å². The summed E-state index contributed by atoms with van der Waals surface area (Å²) in [5, 5.41) is 12.1. The molecule has 0 atom stereocenters. The van der Waals surface area contributed by atoms with Crippen molar-refractivity contribution >= 4 is 5.91 Å². The second-order valence-electron chi connectivity index (χ2n) is 4.86. The van der Waals surface area contributed by atoms with Gasteiger partial charge in [0.1, 0.15) is 11.5 Å². The normalized spacial score (nSPS) is 10.2. The van der Waals surface area contributed by atoms with Crippen LogP contribution < -0.4 is 10.1 Å². The number of methoxy groups -OCH3 is 1. The van der Waals surface area contributed by atoms with Crippen LogP contribution in [0.3, 0.4) is 0 Å². The van der Waals surface area contributed by atoms with Crippen LogP contribution in [0.15, 0.2) is 42.5 Å². The van der Waals surface area contributed by atoms with Crippen LogP contribution in [0, 0.1) is 6.92 Å². The average molecular weight is 285 g/mol. The minimum atomic E-state index is -0.118. The monoisotopic (exact) mass is 285 g/mol. The minimum absolute atomic E-state index is 0.118. The van der Waals surface area contributed by atoms with Crippen LogP contribution in [-0.4, -0.2) is 24.7 Å². The molecular formula is C17H19NO3. The maximum absolute atomic E-state index is 12.1. The molecule has 0 saturated carbocycles. The molecule has 110 valence electrons. The van der Waals surface area contributed by atoms with Crippen molar-refractivity contribution in [3.8, 4) is 11.5 Å². The van der Waals surface area contributed by atoms with Crippen molar-refractivity contribution in [2.45, 2.75) is 13.3 Å². The third kappa shape index (κ3) is 3.99. The van der Waals surface area contributed by atoms with Crippen molar-refractivity contribution in [2.75, 3.05) is 13.7 Å². The van der Waals surface area contributed by atoms with Crippen LogP contribution in [0.25, 0.3) is 0 Å². The van der Waals surface area contributed by atoms with E-state index in [4.69, 9.17) is 4.74 Å². The summed E-state index contributed by atoms with van der Waals surface area (Å²) in [5.41, 5.74) is 2.65. The number of phenols is 1. The lowest BCUT2D eigenvalue weighted by Crippen LogP contribution is -2.25. The average Bonchev–Trinajstić information content (AvgIpc) is 2.49.